The van der Waals surface area contributed by atoms with E-state index in [1.54, 1.807) is 25.6 Å². The second-order valence-corrected chi connectivity index (χ2v) is 6.49. The van der Waals surface area contributed by atoms with Gasteiger partial charge in [0.1, 0.15) is 12.6 Å². The molecule has 2 unspecified atom stereocenters. The van der Waals surface area contributed by atoms with Gasteiger partial charge in [0.2, 0.25) is 17.7 Å². The summed E-state index contributed by atoms with van der Waals surface area (Å²) < 4.78 is 0. The Bertz CT molecular complexity index is 458. The number of carbonyl (C=O) groups is 4. The Kier molecular flexibility index (Phi) is 10.8. The van der Waals surface area contributed by atoms with Crippen LogP contribution in [-0.4, -0.2) is 66.0 Å². The number of amides is 3. The second kappa shape index (κ2) is 11.7. The van der Waals surface area contributed by atoms with Crippen molar-refractivity contribution >= 4 is 35.5 Å². The number of nitrogens with one attached hydrogen (secondary N) is 3. The number of hydrogen-bond donors (Lipinski definition) is 5. The molecule has 0 aromatic rings. The summed E-state index contributed by atoms with van der Waals surface area (Å²) in [5.74, 6) is -2.23. The summed E-state index contributed by atoms with van der Waals surface area (Å²) in [7, 11) is 0. The predicted octanol–water partition coefficient (Wildman–Crippen LogP) is -1.48. The van der Waals surface area contributed by atoms with Gasteiger partial charge in [0.25, 0.3) is 0 Å². The summed E-state index contributed by atoms with van der Waals surface area (Å²) in [6, 6.07) is -1.53. The van der Waals surface area contributed by atoms with Crippen molar-refractivity contribution in [2.24, 2.45) is 11.7 Å². The van der Waals surface area contributed by atoms with Gasteiger partial charge < -0.3 is 26.8 Å². The topological polar surface area (TPSA) is 151 Å². The Hall–Kier alpha value is -1.81. The van der Waals surface area contributed by atoms with E-state index in [1.807, 2.05) is 6.26 Å². The predicted molar refractivity (Wildman–Crippen MR) is 91.4 cm³/mol. The van der Waals surface area contributed by atoms with E-state index >= 15 is 0 Å². The van der Waals surface area contributed by atoms with Crippen LogP contribution in [-0.2, 0) is 19.2 Å². The molecule has 9 nitrogen and oxygen atoms in total. The number of thioether (sulfide) groups is 1. The van der Waals surface area contributed by atoms with Crippen LogP contribution in [0.4, 0.5) is 0 Å². The van der Waals surface area contributed by atoms with Crippen LogP contribution in [0, 0.1) is 5.92 Å². The molecule has 0 rings (SSSR count). The number of carbonyl (C=O) groups excluding carboxylic acids is 3. The lowest BCUT2D eigenvalue weighted by Crippen LogP contribution is -2.55. The lowest BCUT2D eigenvalue weighted by Gasteiger charge is -2.23. The van der Waals surface area contributed by atoms with Crippen molar-refractivity contribution in [2.45, 2.75) is 32.4 Å². The normalized spacial score (nSPS) is 13.0. The van der Waals surface area contributed by atoms with E-state index in [2.05, 4.69) is 16.0 Å². The Balaban J connectivity index is 4.48. The van der Waals surface area contributed by atoms with E-state index in [0.29, 0.717) is 6.42 Å². The minimum Gasteiger partial charge on any atom is -0.480 e. The van der Waals surface area contributed by atoms with Crippen LogP contribution in [0.1, 0.15) is 20.3 Å². The van der Waals surface area contributed by atoms with Crippen molar-refractivity contribution in [3.63, 3.8) is 0 Å². The zero-order chi connectivity index (χ0) is 18.7. The zero-order valence-electron chi connectivity index (χ0n) is 14.1. The number of carboxylic acid groups (broad SMARTS) is 1. The average molecular weight is 362 g/mol. The van der Waals surface area contributed by atoms with E-state index in [0.717, 1.165) is 5.75 Å². The van der Waals surface area contributed by atoms with E-state index < -0.39 is 42.3 Å². The molecule has 138 valence electrons. The van der Waals surface area contributed by atoms with E-state index in [9.17, 15) is 19.2 Å². The molecule has 0 bridgehead atoms. The third kappa shape index (κ3) is 9.36. The molecule has 0 saturated heterocycles. The van der Waals surface area contributed by atoms with Crippen molar-refractivity contribution in [2.75, 3.05) is 25.1 Å². The zero-order valence-corrected chi connectivity index (χ0v) is 14.9. The largest absolute Gasteiger partial charge is 0.480 e. The number of hydrogen-bond acceptors (Lipinski definition) is 6. The van der Waals surface area contributed by atoms with Crippen molar-refractivity contribution in [1.29, 1.82) is 0 Å². The van der Waals surface area contributed by atoms with Crippen LogP contribution in [0.2, 0.25) is 0 Å². The smallest absolute Gasteiger partial charge is 0.322 e. The number of nitrogens with two attached hydrogens (primary N) is 1. The maximum Gasteiger partial charge on any atom is 0.322 e. The van der Waals surface area contributed by atoms with Gasteiger partial charge in [-0.3, -0.25) is 19.2 Å². The molecule has 3 amide bonds. The highest BCUT2D eigenvalue weighted by Crippen LogP contribution is 2.04. The van der Waals surface area contributed by atoms with Crippen LogP contribution in [0.3, 0.4) is 0 Å². The van der Waals surface area contributed by atoms with Gasteiger partial charge in [0.05, 0.1) is 12.6 Å². The van der Waals surface area contributed by atoms with Gasteiger partial charge in [-0.25, -0.2) is 0 Å². The average Bonchev–Trinajstić information content (AvgIpc) is 2.52. The molecule has 10 heteroatoms. The first-order valence-electron chi connectivity index (χ1n) is 7.50. The molecule has 0 aliphatic heterocycles. The highest BCUT2D eigenvalue weighted by molar-refractivity contribution is 7.98. The first-order valence-corrected chi connectivity index (χ1v) is 8.89. The molecule has 0 aliphatic carbocycles. The highest BCUT2D eigenvalue weighted by Gasteiger charge is 2.26. The quantitative estimate of drug-likeness (QED) is 0.301. The standard InChI is InChI=1S/C14H26N4O5S/c1-8(2)12(18-13(22)9(15)4-5-24-3)14(23)17-6-10(19)16-7-11(20)21/h8-9,12H,4-7,15H2,1-3H3,(H,16,19)(H,17,23)(H,18,22)(H,20,21). The van der Waals surface area contributed by atoms with Gasteiger partial charge in [-0.05, 0) is 24.3 Å². The van der Waals surface area contributed by atoms with Crippen LogP contribution in [0.5, 0.6) is 0 Å². The maximum absolute atomic E-state index is 12.1. The number of rotatable bonds is 11. The maximum atomic E-state index is 12.1. The summed E-state index contributed by atoms with van der Waals surface area (Å²) in [5, 5.41) is 15.5. The monoisotopic (exact) mass is 362 g/mol. The molecule has 0 fully saturated rings. The minimum absolute atomic E-state index is 0.205. The van der Waals surface area contributed by atoms with E-state index in [4.69, 9.17) is 10.8 Å². The second-order valence-electron chi connectivity index (χ2n) is 5.51. The molecule has 2 atom stereocenters. The molecule has 0 saturated carbocycles. The Morgan fingerprint density at radius 1 is 1.08 bits per heavy atom. The molecular formula is C14H26N4O5S. The van der Waals surface area contributed by atoms with E-state index in [-0.39, 0.29) is 12.5 Å². The Morgan fingerprint density at radius 2 is 1.71 bits per heavy atom. The van der Waals surface area contributed by atoms with E-state index in [1.165, 1.54) is 0 Å². The summed E-state index contributed by atoms with van der Waals surface area (Å²) in [5.41, 5.74) is 5.77. The summed E-state index contributed by atoms with van der Waals surface area (Å²) in [6.45, 7) is 2.61. The lowest BCUT2D eigenvalue weighted by atomic mass is 10.0. The molecule has 0 spiro atoms. The molecule has 0 aliphatic rings. The van der Waals surface area contributed by atoms with Crippen LogP contribution < -0.4 is 21.7 Å². The van der Waals surface area contributed by atoms with Gasteiger partial charge in [-0.15, -0.1) is 0 Å². The molecule has 0 radical (unpaired) electrons. The fraction of sp³-hybridized carbons (Fsp3) is 0.714. The summed E-state index contributed by atoms with van der Waals surface area (Å²) >= 11 is 1.57. The number of aliphatic carboxylic acids is 1. The van der Waals surface area contributed by atoms with Crippen molar-refractivity contribution in [3.05, 3.63) is 0 Å². The molecule has 0 aromatic heterocycles. The van der Waals surface area contributed by atoms with Crippen molar-refractivity contribution < 1.29 is 24.3 Å². The molecule has 0 heterocycles. The lowest BCUT2D eigenvalue weighted by molar-refractivity contribution is -0.138. The van der Waals surface area contributed by atoms with Crippen LogP contribution >= 0.6 is 11.8 Å². The third-order valence-corrected chi connectivity index (χ3v) is 3.72. The van der Waals surface area contributed by atoms with Gasteiger partial charge in [0.15, 0.2) is 0 Å². The van der Waals surface area contributed by atoms with Crippen molar-refractivity contribution in [1.82, 2.24) is 16.0 Å². The third-order valence-electron chi connectivity index (χ3n) is 3.08. The summed E-state index contributed by atoms with van der Waals surface area (Å²) in [6.07, 6.45) is 2.40. The van der Waals surface area contributed by atoms with Gasteiger partial charge in [0, 0.05) is 0 Å². The van der Waals surface area contributed by atoms with Gasteiger partial charge in [-0.1, -0.05) is 13.8 Å². The highest BCUT2D eigenvalue weighted by atomic mass is 32.2. The van der Waals surface area contributed by atoms with Crippen LogP contribution in [0.15, 0.2) is 0 Å². The number of carboxylic acids is 1. The summed E-state index contributed by atoms with van der Waals surface area (Å²) in [4.78, 5) is 45.9. The first-order chi connectivity index (χ1) is 11.2. The van der Waals surface area contributed by atoms with Crippen molar-refractivity contribution in [3.8, 4) is 0 Å². The molecule has 6 N–H and O–H groups in total. The van der Waals surface area contributed by atoms with Gasteiger partial charge >= 0.3 is 5.97 Å². The molecule has 24 heavy (non-hydrogen) atoms. The fourth-order valence-corrected chi connectivity index (χ4v) is 2.17. The van der Waals surface area contributed by atoms with Gasteiger partial charge in [-0.2, -0.15) is 11.8 Å². The minimum atomic E-state index is -1.18. The van der Waals surface area contributed by atoms with Crippen LogP contribution in [0.25, 0.3) is 0 Å². The fourth-order valence-electron chi connectivity index (χ4n) is 1.69. The Morgan fingerprint density at radius 3 is 2.21 bits per heavy atom. The SMILES string of the molecule is CSCCC(N)C(=O)NC(C(=O)NCC(=O)NCC(=O)O)C(C)C. The molecule has 0 aromatic carbocycles. The Labute approximate surface area is 145 Å². The molecular weight excluding hydrogens is 336 g/mol. The first kappa shape index (κ1) is 22.2.